The molecular weight excluding hydrogens is 434 g/mol. The molecule has 0 bridgehead atoms. The fourth-order valence-corrected chi connectivity index (χ4v) is 4.65. The van der Waals surface area contributed by atoms with Gasteiger partial charge in [-0.1, -0.05) is 5.16 Å². The number of aromatic nitrogens is 2. The van der Waals surface area contributed by atoms with Crippen molar-refractivity contribution < 1.29 is 28.3 Å². The Labute approximate surface area is 188 Å². The van der Waals surface area contributed by atoms with Crippen LogP contribution in [0, 0.1) is 6.92 Å². The summed E-state index contributed by atoms with van der Waals surface area (Å²) < 4.78 is 27.0. The number of hydrogen-bond donors (Lipinski definition) is 1. The Hall–Kier alpha value is -3.37. The van der Waals surface area contributed by atoms with Gasteiger partial charge in [-0.05, 0) is 42.7 Å². The fraction of sp³-hybridized carbons (Fsp3) is 0.318. The van der Waals surface area contributed by atoms with Crippen LogP contribution in [0.2, 0.25) is 0 Å². The molecule has 0 unspecified atom stereocenters. The highest BCUT2D eigenvalue weighted by Gasteiger charge is 2.26. The Balaban J connectivity index is 1.60. The van der Waals surface area contributed by atoms with Crippen LogP contribution in [0.4, 0.5) is 5.00 Å². The summed E-state index contributed by atoms with van der Waals surface area (Å²) in [7, 11) is 4.62. The van der Waals surface area contributed by atoms with E-state index in [-0.39, 0.29) is 5.91 Å². The van der Waals surface area contributed by atoms with Gasteiger partial charge in [0.25, 0.3) is 5.89 Å². The molecule has 4 rings (SSSR count). The Kier molecular flexibility index (Phi) is 6.42. The molecule has 0 atom stereocenters. The van der Waals surface area contributed by atoms with Crippen molar-refractivity contribution in [3.63, 3.8) is 0 Å². The summed E-state index contributed by atoms with van der Waals surface area (Å²) in [6.45, 7) is 2.86. The minimum Gasteiger partial charge on any atom is -0.493 e. The third-order valence-corrected chi connectivity index (χ3v) is 6.03. The first-order chi connectivity index (χ1) is 15.5. The van der Waals surface area contributed by atoms with Gasteiger partial charge < -0.3 is 28.8 Å². The molecule has 0 fully saturated rings. The molecule has 9 nitrogen and oxygen atoms in total. The normalized spacial score (nSPS) is 13.1. The molecule has 10 heteroatoms. The number of anilines is 1. The first-order valence-electron chi connectivity index (χ1n) is 9.86. The largest absolute Gasteiger partial charge is 0.493 e. The van der Waals surface area contributed by atoms with Crippen molar-refractivity contribution >= 4 is 28.3 Å². The van der Waals surface area contributed by atoms with E-state index >= 15 is 0 Å². The summed E-state index contributed by atoms with van der Waals surface area (Å²) in [6.07, 6.45) is 3.84. The average Bonchev–Trinajstić information content (AvgIpc) is 3.39. The second kappa shape index (κ2) is 9.41. The number of thiophene rings is 1. The van der Waals surface area contributed by atoms with Gasteiger partial charge in [-0.25, -0.2) is 0 Å². The van der Waals surface area contributed by atoms with Crippen LogP contribution in [0.15, 0.2) is 22.7 Å². The Morgan fingerprint density at radius 1 is 1.19 bits per heavy atom. The summed E-state index contributed by atoms with van der Waals surface area (Å²) in [6, 6.07) is 3.53. The van der Waals surface area contributed by atoms with Crippen LogP contribution < -0.4 is 19.5 Å². The van der Waals surface area contributed by atoms with Crippen LogP contribution in [0.5, 0.6) is 17.2 Å². The number of nitrogens with zero attached hydrogens (tertiary/aromatic N) is 2. The monoisotopic (exact) mass is 457 g/mol. The molecule has 2 aromatic heterocycles. The summed E-state index contributed by atoms with van der Waals surface area (Å²) in [5.41, 5.74) is 2.57. The molecular formula is C22H23N3O6S. The molecule has 0 radical (unpaired) electrons. The molecule has 3 aromatic rings. The molecule has 0 saturated carbocycles. The highest BCUT2D eigenvalue weighted by molar-refractivity contribution is 7.17. The van der Waals surface area contributed by atoms with Crippen LogP contribution in [-0.4, -0.2) is 44.0 Å². The topological polar surface area (TPSA) is 105 Å². The second-order valence-electron chi connectivity index (χ2n) is 6.94. The van der Waals surface area contributed by atoms with Gasteiger partial charge in [0.05, 0.1) is 40.1 Å². The lowest BCUT2D eigenvalue weighted by Crippen LogP contribution is -2.09. The smallest absolute Gasteiger partial charge is 0.261 e. The van der Waals surface area contributed by atoms with Gasteiger partial charge in [0.2, 0.25) is 11.7 Å². The van der Waals surface area contributed by atoms with Crippen molar-refractivity contribution in [2.75, 3.05) is 33.3 Å². The molecule has 1 aromatic carbocycles. The van der Waals surface area contributed by atoms with Crippen molar-refractivity contribution in [3.8, 4) is 28.7 Å². The van der Waals surface area contributed by atoms with Crippen LogP contribution in [0.3, 0.4) is 0 Å². The maximum atomic E-state index is 12.7. The van der Waals surface area contributed by atoms with E-state index in [0.29, 0.717) is 47.2 Å². The van der Waals surface area contributed by atoms with E-state index in [0.717, 1.165) is 28.0 Å². The maximum absolute atomic E-state index is 12.7. The number of methoxy groups -OCH3 is 3. The van der Waals surface area contributed by atoms with Gasteiger partial charge in [-0.2, -0.15) is 4.98 Å². The van der Waals surface area contributed by atoms with Gasteiger partial charge in [0.15, 0.2) is 17.3 Å². The van der Waals surface area contributed by atoms with E-state index in [1.54, 1.807) is 39.4 Å². The Morgan fingerprint density at radius 3 is 2.56 bits per heavy atom. The number of fused-ring (bicyclic) bond motifs is 1. The van der Waals surface area contributed by atoms with E-state index < -0.39 is 0 Å². The summed E-state index contributed by atoms with van der Waals surface area (Å²) in [4.78, 5) is 18.1. The third kappa shape index (κ3) is 4.32. The van der Waals surface area contributed by atoms with Gasteiger partial charge in [0.1, 0.15) is 5.00 Å². The summed E-state index contributed by atoms with van der Waals surface area (Å²) in [5.74, 6) is 2.13. The highest BCUT2D eigenvalue weighted by atomic mass is 32.1. The zero-order valence-electron chi connectivity index (χ0n) is 18.2. The van der Waals surface area contributed by atoms with Crippen molar-refractivity contribution in [1.82, 2.24) is 10.1 Å². The van der Waals surface area contributed by atoms with Gasteiger partial charge >= 0.3 is 0 Å². The second-order valence-corrected chi connectivity index (χ2v) is 8.04. The number of carbonyl (C=O) groups is 1. The molecule has 1 amide bonds. The molecule has 32 heavy (non-hydrogen) atoms. The zero-order chi connectivity index (χ0) is 22.7. The summed E-state index contributed by atoms with van der Waals surface area (Å²) in [5, 5.41) is 7.50. The van der Waals surface area contributed by atoms with Crippen LogP contribution in [-0.2, 0) is 22.6 Å². The van der Waals surface area contributed by atoms with Gasteiger partial charge in [0, 0.05) is 11.0 Å². The maximum Gasteiger partial charge on any atom is 0.261 e. The lowest BCUT2D eigenvalue weighted by atomic mass is 10.1. The quantitative estimate of drug-likeness (QED) is 0.534. The number of ether oxygens (including phenoxy) is 4. The molecule has 3 heterocycles. The predicted molar refractivity (Wildman–Crippen MR) is 119 cm³/mol. The average molecular weight is 458 g/mol. The van der Waals surface area contributed by atoms with E-state index in [1.807, 2.05) is 0 Å². The minimum atomic E-state index is -0.296. The summed E-state index contributed by atoms with van der Waals surface area (Å²) >= 11 is 1.46. The molecule has 0 saturated heterocycles. The first-order valence-corrected chi connectivity index (χ1v) is 10.7. The molecule has 1 N–H and O–H groups in total. The third-order valence-electron chi connectivity index (χ3n) is 4.91. The minimum absolute atomic E-state index is 0.296. The number of aryl methyl sites for hydroxylation is 1. The van der Waals surface area contributed by atoms with Crippen molar-refractivity contribution in [2.24, 2.45) is 0 Å². The highest BCUT2D eigenvalue weighted by Crippen LogP contribution is 2.42. The van der Waals surface area contributed by atoms with E-state index in [4.69, 9.17) is 23.5 Å². The first kappa shape index (κ1) is 21.8. The Bertz CT molecular complexity index is 1140. The number of benzene rings is 1. The van der Waals surface area contributed by atoms with Gasteiger partial charge in [-0.3, -0.25) is 4.79 Å². The Morgan fingerprint density at radius 2 is 1.94 bits per heavy atom. The van der Waals surface area contributed by atoms with E-state index in [2.05, 4.69) is 15.5 Å². The van der Waals surface area contributed by atoms with Crippen LogP contribution >= 0.6 is 11.3 Å². The lowest BCUT2D eigenvalue weighted by molar-refractivity contribution is -0.111. The SMILES string of the molecule is COc1cc(/C=C/C(=O)Nc2sc3c(c2-c2nc(C)no2)CCOC3)cc(OC)c1OC. The molecule has 0 spiro atoms. The zero-order valence-corrected chi connectivity index (χ0v) is 19.0. The predicted octanol–water partition coefficient (Wildman–Crippen LogP) is 3.86. The van der Waals surface area contributed by atoms with E-state index in [9.17, 15) is 4.79 Å². The number of carbonyl (C=O) groups excluding carboxylic acids is 1. The molecule has 1 aliphatic rings. The van der Waals surface area contributed by atoms with Crippen molar-refractivity contribution in [3.05, 3.63) is 40.0 Å². The van der Waals surface area contributed by atoms with Crippen LogP contribution in [0.25, 0.3) is 17.5 Å². The molecule has 0 aliphatic carbocycles. The van der Waals surface area contributed by atoms with Crippen molar-refractivity contribution in [2.45, 2.75) is 20.0 Å². The lowest BCUT2D eigenvalue weighted by Gasteiger charge is -2.12. The van der Waals surface area contributed by atoms with Crippen LogP contribution in [0.1, 0.15) is 21.8 Å². The number of rotatable bonds is 7. The van der Waals surface area contributed by atoms with E-state index in [1.165, 1.54) is 24.5 Å². The number of amides is 1. The van der Waals surface area contributed by atoms with Crippen molar-refractivity contribution in [1.29, 1.82) is 0 Å². The number of nitrogens with one attached hydrogen (secondary N) is 1. The molecule has 168 valence electrons. The standard InChI is InChI=1S/C22H23N3O6S/c1-12-23-21(31-25-12)19-14-7-8-30-11-17(14)32-22(19)24-18(26)6-5-13-9-15(27-2)20(29-4)16(10-13)28-3/h5-6,9-10H,7-8,11H2,1-4H3,(H,24,26)/b6-5+. The number of hydrogen-bond acceptors (Lipinski definition) is 9. The van der Waals surface area contributed by atoms with Gasteiger partial charge in [-0.15, -0.1) is 11.3 Å². The fourth-order valence-electron chi connectivity index (χ4n) is 3.47. The molecule has 1 aliphatic heterocycles.